The number of ether oxygens (including phenoxy) is 1. The number of nitriles is 1. The number of alkyl halides is 1. The van der Waals surface area contributed by atoms with E-state index in [4.69, 9.17) is 21.3 Å². The molecule has 0 saturated carbocycles. The zero-order valence-electron chi connectivity index (χ0n) is 23.7. The van der Waals surface area contributed by atoms with E-state index < -0.39 is 17.5 Å². The van der Waals surface area contributed by atoms with Crippen LogP contribution in [0.5, 0.6) is 11.8 Å². The van der Waals surface area contributed by atoms with Crippen LogP contribution in [-0.4, -0.2) is 64.5 Å². The average Bonchev–Trinajstić information content (AvgIpc) is 3.40. The quantitative estimate of drug-likeness (QED) is 0.262. The highest BCUT2D eigenvalue weighted by Gasteiger charge is 2.49. The molecule has 3 fully saturated rings. The Bertz CT molecular complexity index is 1760. The van der Waals surface area contributed by atoms with Crippen molar-refractivity contribution in [3.63, 3.8) is 0 Å². The number of halogens is 3. The first-order chi connectivity index (χ1) is 20.8. The van der Waals surface area contributed by atoms with Gasteiger partial charge in [-0.15, -0.1) is 0 Å². The topological polar surface area (TPSA) is 85.5 Å². The number of benzene rings is 3. The molecular weight excluding hydrogens is 572 g/mol. The molecule has 10 heteroatoms. The monoisotopic (exact) mass is 603 g/mol. The van der Waals surface area contributed by atoms with Gasteiger partial charge in [0.25, 0.3) is 0 Å². The molecule has 3 atom stereocenters. The minimum absolute atomic E-state index is 0.00335. The minimum Gasteiger partial charge on any atom is -0.508 e. The summed E-state index contributed by atoms with van der Waals surface area (Å²) >= 11 is 6.83. The van der Waals surface area contributed by atoms with Gasteiger partial charge in [-0.2, -0.15) is 15.2 Å². The van der Waals surface area contributed by atoms with Gasteiger partial charge < -0.3 is 14.7 Å². The second-order valence-electron chi connectivity index (χ2n) is 12.1. The molecule has 0 spiro atoms. The summed E-state index contributed by atoms with van der Waals surface area (Å²) in [6, 6.07) is 14.6. The summed E-state index contributed by atoms with van der Waals surface area (Å²) in [5, 5.41) is 22.1. The fraction of sp³-hybridized carbons (Fsp3) is 0.424. The highest BCUT2D eigenvalue weighted by molar-refractivity contribution is 6.35. The van der Waals surface area contributed by atoms with Crippen LogP contribution in [0.1, 0.15) is 38.5 Å². The van der Waals surface area contributed by atoms with Gasteiger partial charge in [0.15, 0.2) is 5.82 Å². The second-order valence-corrected chi connectivity index (χ2v) is 12.5. The van der Waals surface area contributed by atoms with E-state index in [0.717, 1.165) is 43.0 Å². The van der Waals surface area contributed by atoms with Gasteiger partial charge >= 0.3 is 6.01 Å². The molecule has 0 aliphatic carbocycles. The van der Waals surface area contributed by atoms with Crippen molar-refractivity contribution in [2.45, 2.75) is 50.2 Å². The van der Waals surface area contributed by atoms with Crippen molar-refractivity contribution in [3.05, 3.63) is 53.3 Å². The fourth-order valence-electron chi connectivity index (χ4n) is 7.30. The maximum atomic E-state index is 16.8. The Morgan fingerprint density at radius 2 is 1.95 bits per heavy atom. The Hall–Kier alpha value is -3.74. The van der Waals surface area contributed by atoms with Crippen molar-refractivity contribution in [1.82, 2.24) is 14.9 Å². The van der Waals surface area contributed by atoms with Crippen LogP contribution in [0.3, 0.4) is 0 Å². The predicted octanol–water partition coefficient (Wildman–Crippen LogP) is 7.03. The number of phenols is 1. The van der Waals surface area contributed by atoms with E-state index >= 15 is 4.39 Å². The Morgan fingerprint density at radius 3 is 2.81 bits per heavy atom. The molecule has 7 rings (SSSR count). The van der Waals surface area contributed by atoms with Crippen LogP contribution in [0.4, 0.5) is 14.6 Å². The van der Waals surface area contributed by atoms with E-state index in [1.54, 1.807) is 12.1 Å². The van der Waals surface area contributed by atoms with E-state index in [1.165, 1.54) is 6.07 Å². The number of nitrogens with zero attached hydrogens (tertiary/aromatic N) is 5. The smallest absolute Gasteiger partial charge is 0.319 e. The first-order valence-corrected chi connectivity index (χ1v) is 15.3. The van der Waals surface area contributed by atoms with E-state index in [9.17, 15) is 14.8 Å². The lowest BCUT2D eigenvalue weighted by atomic mass is 9.95. The number of hydrogen-bond donors (Lipinski definition) is 1. The third-order valence-electron chi connectivity index (χ3n) is 9.40. The van der Waals surface area contributed by atoms with Crippen LogP contribution >= 0.6 is 11.6 Å². The Labute approximate surface area is 253 Å². The van der Waals surface area contributed by atoms with Gasteiger partial charge in [-0.1, -0.05) is 35.9 Å². The molecule has 4 heterocycles. The normalized spacial score (nSPS) is 24.3. The third kappa shape index (κ3) is 5.00. The second kappa shape index (κ2) is 11.1. The van der Waals surface area contributed by atoms with E-state index in [2.05, 4.69) is 20.9 Å². The predicted molar refractivity (Wildman–Crippen MR) is 163 cm³/mol. The Balaban J connectivity index is 1.37. The Morgan fingerprint density at radius 1 is 1.09 bits per heavy atom. The van der Waals surface area contributed by atoms with Crippen LogP contribution in [0, 0.1) is 23.1 Å². The first kappa shape index (κ1) is 28.1. The molecule has 3 aliphatic heterocycles. The standard InChI is InChI=1S/C33H32ClF2N5O2/c34-27-15-26-30(29(36)28(27)25-14-23(42)13-21-6-1-2-7-24(21)25)38-32(39-31(26)40-10-3-5-20(17-37)8-12-40)43-19-33-9-4-11-41(33)18-22(35)16-33/h1-2,6-7,13-15,20,22,42H,3-5,8-12,16,18-19H2/t20?,22?,33-/m0/s1. The van der Waals surface area contributed by atoms with Crippen LogP contribution in [-0.2, 0) is 0 Å². The lowest BCUT2D eigenvalue weighted by molar-refractivity contribution is 0.107. The summed E-state index contributed by atoms with van der Waals surface area (Å²) in [6.45, 7) is 2.66. The van der Waals surface area contributed by atoms with Crippen molar-refractivity contribution in [3.8, 4) is 29.0 Å². The molecule has 2 unspecified atom stereocenters. The number of hydrogen-bond acceptors (Lipinski definition) is 7. The number of rotatable bonds is 5. The summed E-state index contributed by atoms with van der Waals surface area (Å²) in [5.74, 6) is -0.191. The van der Waals surface area contributed by atoms with Crippen molar-refractivity contribution in [1.29, 1.82) is 5.26 Å². The SMILES string of the molecule is N#CC1CCCN(c2nc(OC[C@@]34CCCN3CC(F)C4)nc3c(F)c(-c4cc(O)cc5ccccc45)c(Cl)cc23)CC1. The third-order valence-corrected chi connectivity index (χ3v) is 9.70. The minimum atomic E-state index is -0.901. The van der Waals surface area contributed by atoms with Gasteiger partial charge in [-0.05, 0) is 73.2 Å². The summed E-state index contributed by atoms with van der Waals surface area (Å²) in [7, 11) is 0. The van der Waals surface area contributed by atoms with Gasteiger partial charge in [0, 0.05) is 42.9 Å². The number of phenolic OH excluding ortho intramolecular Hbond substituents is 1. The Kier molecular flexibility index (Phi) is 7.22. The van der Waals surface area contributed by atoms with Gasteiger partial charge in [0.05, 0.1) is 16.6 Å². The molecule has 1 aromatic heterocycles. The molecule has 0 radical (unpaired) electrons. The molecule has 7 nitrogen and oxygen atoms in total. The zero-order valence-corrected chi connectivity index (χ0v) is 24.5. The molecule has 222 valence electrons. The van der Waals surface area contributed by atoms with Gasteiger partial charge in [-0.3, -0.25) is 4.90 Å². The summed E-state index contributed by atoms with van der Waals surface area (Å²) in [5.41, 5.74) is 0.233. The maximum absolute atomic E-state index is 16.8. The van der Waals surface area contributed by atoms with Crippen LogP contribution in [0.15, 0.2) is 42.5 Å². The summed E-state index contributed by atoms with van der Waals surface area (Å²) < 4.78 is 37.4. The molecular formula is C33H32ClF2N5O2. The van der Waals surface area contributed by atoms with Crippen molar-refractivity contribution in [2.24, 2.45) is 5.92 Å². The van der Waals surface area contributed by atoms with Crippen LogP contribution in [0.2, 0.25) is 5.02 Å². The maximum Gasteiger partial charge on any atom is 0.319 e. The lowest BCUT2D eigenvalue weighted by Gasteiger charge is -2.31. The van der Waals surface area contributed by atoms with Gasteiger partial charge in [-0.25, -0.2) is 8.78 Å². The molecule has 1 N–H and O–H groups in total. The molecule has 0 bridgehead atoms. The van der Waals surface area contributed by atoms with E-state index in [-0.39, 0.29) is 40.4 Å². The van der Waals surface area contributed by atoms with Crippen LogP contribution in [0.25, 0.3) is 32.8 Å². The van der Waals surface area contributed by atoms with Gasteiger partial charge in [0.2, 0.25) is 0 Å². The van der Waals surface area contributed by atoms with Crippen molar-refractivity contribution in [2.75, 3.05) is 37.7 Å². The zero-order chi connectivity index (χ0) is 29.7. The highest BCUT2D eigenvalue weighted by atomic mass is 35.5. The fourth-order valence-corrected chi connectivity index (χ4v) is 7.59. The summed E-state index contributed by atoms with van der Waals surface area (Å²) in [6.07, 6.45) is 3.54. The molecule has 3 saturated heterocycles. The largest absolute Gasteiger partial charge is 0.508 e. The molecule has 43 heavy (non-hydrogen) atoms. The molecule has 3 aliphatic rings. The number of aromatic nitrogens is 2. The molecule has 4 aromatic rings. The van der Waals surface area contributed by atoms with Crippen molar-refractivity contribution < 1.29 is 18.6 Å². The lowest BCUT2D eigenvalue weighted by Crippen LogP contribution is -2.43. The van der Waals surface area contributed by atoms with E-state index in [1.807, 2.05) is 24.3 Å². The number of aromatic hydroxyl groups is 1. The number of fused-ring (bicyclic) bond motifs is 3. The average molecular weight is 604 g/mol. The highest BCUT2D eigenvalue weighted by Crippen LogP contribution is 2.44. The summed E-state index contributed by atoms with van der Waals surface area (Å²) in [4.78, 5) is 13.6. The van der Waals surface area contributed by atoms with E-state index in [0.29, 0.717) is 49.2 Å². The van der Waals surface area contributed by atoms with Gasteiger partial charge in [0.1, 0.15) is 29.9 Å². The molecule has 0 amide bonds. The van der Waals surface area contributed by atoms with Crippen molar-refractivity contribution >= 4 is 39.1 Å². The molecule has 3 aromatic carbocycles. The first-order valence-electron chi connectivity index (χ1n) is 14.9. The van der Waals surface area contributed by atoms with Crippen LogP contribution < -0.4 is 9.64 Å². The number of anilines is 1.